The van der Waals surface area contributed by atoms with Crippen LogP contribution in [0.4, 0.5) is 11.4 Å². The third kappa shape index (κ3) is 3.65. The van der Waals surface area contributed by atoms with E-state index in [1.54, 1.807) is 25.1 Å². The predicted molar refractivity (Wildman–Crippen MR) is 69.6 cm³/mol. The van der Waals surface area contributed by atoms with E-state index in [4.69, 9.17) is 10.5 Å². The molecule has 6 nitrogen and oxygen atoms in total. The van der Waals surface area contributed by atoms with Crippen LogP contribution in [0, 0.1) is 0 Å². The maximum absolute atomic E-state index is 11.0. The number of carbonyl (C=O) groups excluding carboxylic acids is 2. The number of anilines is 2. The monoisotopic (exact) mass is 251 g/mol. The second kappa shape index (κ2) is 5.90. The van der Waals surface area contributed by atoms with Crippen molar-refractivity contribution in [1.82, 2.24) is 0 Å². The number of hydrogen-bond donors (Lipinski definition) is 3. The van der Waals surface area contributed by atoms with E-state index >= 15 is 0 Å². The lowest BCUT2D eigenvalue weighted by Crippen LogP contribution is -2.32. The molecule has 0 radical (unpaired) electrons. The van der Waals surface area contributed by atoms with E-state index in [0.29, 0.717) is 17.1 Å². The van der Waals surface area contributed by atoms with Crippen LogP contribution in [-0.4, -0.2) is 25.0 Å². The number of nitrogens with two attached hydrogens (primary N) is 1. The predicted octanol–water partition coefficient (Wildman–Crippen LogP) is 0.939. The first kappa shape index (κ1) is 13.8. The summed E-state index contributed by atoms with van der Waals surface area (Å²) in [6, 6.07) is 4.55. The minimum atomic E-state index is -0.536. The highest BCUT2D eigenvalue weighted by Crippen LogP contribution is 2.28. The van der Waals surface area contributed by atoms with Crippen LogP contribution in [-0.2, 0) is 9.59 Å². The lowest BCUT2D eigenvalue weighted by atomic mass is 10.2. The minimum Gasteiger partial charge on any atom is -0.495 e. The Morgan fingerprint density at radius 1 is 1.39 bits per heavy atom. The van der Waals surface area contributed by atoms with Crippen LogP contribution in [0.2, 0.25) is 0 Å². The first-order valence-electron chi connectivity index (χ1n) is 5.45. The van der Waals surface area contributed by atoms with Crippen molar-refractivity contribution in [2.75, 3.05) is 17.7 Å². The van der Waals surface area contributed by atoms with Gasteiger partial charge in [-0.05, 0) is 25.1 Å². The molecule has 0 aliphatic rings. The molecule has 98 valence electrons. The molecule has 0 unspecified atom stereocenters. The van der Waals surface area contributed by atoms with Gasteiger partial charge in [0, 0.05) is 12.6 Å². The third-order valence-corrected chi connectivity index (χ3v) is 2.32. The first-order valence-corrected chi connectivity index (χ1v) is 5.45. The average molecular weight is 251 g/mol. The summed E-state index contributed by atoms with van der Waals surface area (Å²) in [6.45, 7) is 3.07. The number of carbonyl (C=O) groups is 2. The summed E-state index contributed by atoms with van der Waals surface area (Å²) in [4.78, 5) is 22.0. The molecule has 18 heavy (non-hydrogen) atoms. The van der Waals surface area contributed by atoms with E-state index < -0.39 is 11.9 Å². The maximum atomic E-state index is 11.0. The van der Waals surface area contributed by atoms with Gasteiger partial charge in [0.2, 0.25) is 11.8 Å². The second-order valence-electron chi connectivity index (χ2n) is 3.86. The molecule has 0 aliphatic carbocycles. The topological polar surface area (TPSA) is 93.4 Å². The number of nitrogens with one attached hydrogen (secondary N) is 2. The van der Waals surface area contributed by atoms with Gasteiger partial charge in [0.1, 0.15) is 11.8 Å². The summed E-state index contributed by atoms with van der Waals surface area (Å²) < 4.78 is 5.16. The molecule has 0 saturated carbocycles. The van der Waals surface area contributed by atoms with E-state index in [1.807, 2.05) is 0 Å². The zero-order chi connectivity index (χ0) is 13.7. The summed E-state index contributed by atoms with van der Waals surface area (Å²) in [7, 11) is 1.52. The second-order valence-corrected chi connectivity index (χ2v) is 3.86. The van der Waals surface area contributed by atoms with Gasteiger partial charge >= 0.3 is 0 Å². The van der Waals surface area contributed by atoms with Crippen molar-refractivity contribution >= 4 is 23.2 Å². The normalized spacial score (nSPS) is 11.5. The first-order chi connectivity index (χ1) is 8.43. The minimum absolute atomic E-state index is 0.172. The number of rotatable bonds is 5. The fourth-order valence-corrected chi connectivity index (χ4v) is 1.41. The maximum Gasteiger partial charge on any atom is 0.239 e. The van der Waals surface area contributed by atoms with Gasteiger partial charge in [0.05, 0.1) is 12.8 Å². The fraction of sp³-hybridized carbons (Fsp3) is 0.333. The van der Waals surface area contributed by atoms with Gasteiger partial charge in [0.25, 0.3) is 0 Å². The highest BCUT2D eigenvalue weighted by Gasteiger charge is 2.12. The molecule has 0 aromatic heterocycles. The molecule has 2 amide bonds. The number of amides is 2. The molecular formula is C12H17N3O3. The van der Waals surface area contributed by atoms with Crippen molar-refractivity contribution in [3.8, 4) is 5.75 Å². The van der Waals surface area contributed by atoms with Gasteiger partial charge < -0.3 is 21.1 Å². The Morgan fingerprint density at radius 3 is 2.56 bits per heavy atom. The molecule has 0 fully saturated rings. The molecule has 1 rings (SSSR count). The van der Waals surface area contributed by atoms with Gasteiger partial charge in [0.15, 0.2) is 0 Å². The lowest BCUT2D eigenvalue weighted by molar-refractivity contribution is -0.118. The summed E-state index contributed by atoms with van der Waals surface area (Å²) in [5.41, 5.74) is 6.39. The van der Waals surface area contributed by atoms with Gasteiger partial charge in [-0.1, -0.05) is 0 Å². The SMILES string of the molecule is COc1ccc(NC(C)=O)cc1N[C@@H](C)C(N)=O. The Kier molecular flexibility index (Phi) is 4.53. The van der Waals surface area contributed by atoms with E-state index in [2.05, 4.69) is 10.6 Å². The van der Waals surface area contributed by atoms with Crippen molar-refractivity contribution < 1.29 is 14.3 Å². The summed E-state index contributed by atoms with van der Waals surface area (Å²) >= 11 is 0. The molecule has 1 aromatic carbocycles. The molecule has 0 saturated heterocycles. The van der Waals surface area contributed by atoms with Gasteiger partial charge in [-0.2, -0.15) is 0 Å². The van der Waals surface area contributed by atoms with Crippen molar-refractivity contribution in [1.29, 1.82) is 0 Å². The molecule has 1 aromatic rings. The van der Waals surface area contributed by atoms with E-state index in [1.165, 1.54) is 14.0 Å². The highest BCUT2D eigenvalue weighted by atomic mass is 16.5. The Bertz CT molecular complexity index is 460. The van der Waals surface area contributed by atoms with Gasteiger partial charge in [-0.15, -0.1) is 0 Å². The zero-order valence-electron chi connectivity index (χ0n) is 10.6. The molecule has 6 heteroatoms. The van der Waals surface area contributed by atoms with Gasteiger partial charge in [-0.25, -0.2) is 0 Å². The van der Waals surface area contributed by atoms with Gasteiger partial charge in [-0.3, -0.25) is 9.59 Å². The van der Waals surface area contributed by atoms with Crippen molar-refractivity contribution in [3.05, 3.63) is 18.2 Å². The average Bonchev–Trinajstić information content (AvgIpc) is 2.28. The number of methoxy groups -OCH3 is 1. The standard InChI is InChI=1S/C12H17N3O3/c1-7(12(13)17)14-10-6-9(15-8(2)16)4-5-11(10)18-3/h4-7,14H,1-3H3,(H2,13,17)(H,15,16)/t7-/m0/s1. The molecule has 1 atom stereocenters. The third-order valence-electron chi connectivity index (χ3n) is 2.32. The van der Waals surface area contributed by atoms with Crippen LogP contribution < -0.4 is 21.1 Å². The van der Waals surface area contributed by atoms with Crippen LogP contribution >= 0.6 is 0 Å². The number of hydrogen-bond acceptors (Lipinski definition) is 4. The number of primary amides is 1. The summed E-state index contributed by atoms with van der Waals surface area (Å²) in [6.07, 6.45) is 0. The van der Waals surface area contributed by atoms with E-state index in [-0.39, 0.29) is 5.91 Å². The Morgan fingerprint density at radius 2 is 2.06 bits per heavy atom. The summed E-state index contributed by atoms with van der Waals surface area (Å²) in [5, 5.41) is 5.57. The highest BCUT2D eigenvalue weighted by molar-refractivity contribution is 5.90. The molecule has 0 bridgehead atoms. The Balaban J connectivity index is 2.98. The largest absolute Gasteiger partial charge is 0.495 e. The molecule has 0 aliphatic heterocycles. The molecular weight excluding hydrogens is 234 g/mol. The smallest absolute Gasteiger partial charge is 0.239 e. The fourth-order valence-electron chi connectivity index (χ4n) is 1.41. The Labute approximate surface area is 105 Å². The van der Waals surface area contributed by atoms with Crippen LogP contribution in [0.25, 0.3) is 0 Å². The van der Waals surface area contributed by atoms with Crippen molar-refractivity contribution in [2.45, 2.75) is 19.9 Å². The molecule has 0 heterocycles. The zero-order valence-corrected chi connectivity index (χ0v) is 10.6. The summed E-state index contributed by atoms with van der Waals surface area (Å²) in [5.74, 6) is -0.0757. The molecule has 0 spiro atoms. The molecule has 4 N–H and O–H groups in total. The van der Waals surface area contributed by atoms with E-state index in [9.17, 15) is 9.59 Å². The van der Waals surface area contributed by atoms with Crippen LogP contribution in [0.3, 0.4) is 0 Å². The van der Waals surface area contributed by atoms with Crippen molar-refractivity contribution in [2.24, 2.45) is 5.73 Å². The number of benzene rings is 1. The number of ether oxygens (including phenoxy) is 1. The van der Waals surface area contributed by atoms with Crippen LogP contribution in [0.1, 0.15) is 13.8 Å². The van der Waals surface area contributed by atoms with Crippen molar-refractivity contribution in [3.63, 3.8) is 0 Å². The van der Waals surface area contributed by atoms with Crippen LogP contribution in [0.15, 0.2) is 18.2 Å². The van der Waals surface area contributed by atoms with E-state index in [0.717, 1.165) is 0 Å². The lowest BCUT2D eigenvalue weighted by Gasteiger charge is -2.16. The Hall–Kier alpha value is -2.24. The quantitative estimate of drug-likeness (QED) is 0.726. The van der Waals surface area contributed by atoms with Crippen LogP contribution in [0.5, 0.6) is 5.75 Å².